The number of fused-ring (bicyclic) bond motifs is 5. The van der Waals surface area contributed by atoms with Crippen LogP contribution in [0.5, 0.6) is 0 Å². The van der Waals surface area contributed by atoms with E-state index in [1.807, 2.05) is 18.2 Å². The van der Waals surface area contributed by atoms with Crippen molar-refractivity contribution in [3.63, 3.8) is 0 Å². The second kappa shape index (κ2) is 14.3. The summed E-state index contributed by atoms with van der Waals surface area (Å²) < 4.78 is 0. The molecule has 0 fully saturated rings. The lowest BCUT2D eigenvalue weighted by Crippen LogP contribution is -2.28. The van der Waals surface area contributed by atoms with Gasteiger partial charge in [0.2, 0.25) is 0 Å². The fourth-order valence-electron chi connectivity index (χ4n) is 8.89. The van der Waals surface area contributed by atoms with Gasteiger partial charge in [-0.3, -0.25) is 0 Å². The van der Waals surface area contributed by atoms with E-state index in [0.717, 1.165) is 56.9 Å². The molecule has 8 rings (SSSR count). The lowest BCUT2D eigenvalue weighted by molar-refractivity contribution is 0.0697. The molecule has 0 saturated carbocycles. The Kier molecular flexibility index (Phi) is 9.46. The summed E-state index contributed by atoms with van der Waals surface area (Å²) in [6.07, 6.45) is 9.56. The normalized spacial score (nSPS) is 16.2. The van der Waals surface area contributed by atoms with Crippen molar-refractivity contribution in [1.82, 2.24) is 0 Å². The van der Waals surface area contributed by atoms with Crippen LogP contribution in [0, 0.1) is 5.41 Å². The van der Waals surface area contributed by atoms with Crippen LogP contribution >= 0.6 is 0 Å². The van der Waals surface area contributed by atoms with Crippen molar-refractivity contribution >= 4 is 50.5 Å². The summed E-state index contributed by atoms with van der Waals surface area (Å²) in [6.45, 7) is 10.1. The van der Waals surface area contributed by atoms with Gasteiger partial charge in [-0.05, 0) is 115 Å². The third-order valence-corrected chi connectivity index (χ3v) is 11.6. The molecule has 282 valence electrons. The molecule has 3 N–H and O–H groups in total. The molecule has 0 radical (unpaired) electrons. The van der Waals surface area contributed by atoms with E-state index in [-0.39, 0.29) is 16.4 Å². The largest absolute Gasteiger partial charge is 0.478 e. The summed E-state index contributed by atoms with van der Waals surface area (Å²) in [5, 5.41) is 29.7. The number of nitrogens with zero attached hydrogens (tertiary/aromatic N) is 1. The van der Waals surface area contributed by atoms with Crippen molar-refractivity contribution in [3.8, 4) is 11.1 Å². The van der Waals surface area contributed by atoms with Crippen LogP contribution in [-0.4, -0.2) is 30.3 Å². The summed E-state index contributed by atoms with van der Waals surface area (Å²) in [6, 6.07) is 37.1. The molecule has 6 aromatic rings. The Balaban J connectivity index is 1.29. The molecule has 0 spiro atoms. The van der Waals surface area contributed by atoms with Crippen LogP contribution in [0.15, 0.2) is 133 Å². The molecule has 2 aliphatic carbocycles. The van der Waals surface area contributed by atoms with Gasteiger partial charge < -0.3 is 20.4 Å². The molecule has 2 aliphatic rings. The number of hydrogen-bond acceptors (Lipinski definition) is 4. The molecule has 0 bridgehead atoms. The Labute approximate surface area is 330 Å². The maximum absolute atomic E-state index is 12.0. The maximum atomic E-state index is 12.0. The molecule has 1 atom stereocenters. The quantitative estimate of drug-likeness (QED) is 0.138. The number of rotatable bonds is 9. The van der Waals surface area contributed by atoms with Crippen molar-refractivity contribution in [2.45, 2.75) is 58.6 Å². The van der Waals surface area contributed by atoms with E-state index in [1.54, 1.807) is 35.9 Å². The number of aliphatic hydroxyl groups is 1. The van der Waals surface area contributed by atoms with Gasteiger partial charge in [0, 0.05) is 43.0 Å². The van der Waals surface area contributed by atoms with Gasteiger partial charge in [0.25, 0.3) is 0 Å². The number of carboxylic acids is 1. The van der Waals surface area contributed by atoms with E-state index in [4.69, 9.17) is 0 Å². The van der Waals surface area contributed by atoms with Crippen molar-refractivity contribution in [2.75, 3.05) is 24.3 Å². The fourth-order valence-corrected chi connectivity index (χ4v) is 8.89. The fraction of sp³-hybridized carbons (Fsp3) is 0.235. The Morgan fingerprint density at radius 2 is 1.55 bits per heavy atom. The first kappa shape index (κ1) is 37.0. The van der Waals surface area contributed by atoms with Crippen molar-refractivity contribution < 1.29 is 15.0 Å². The van der Waals surface area contributed by atoms with Crippen molar-refractivity contribution in [2.24, 2.45) is 5.41 Å². The predicted octanol–water partition coefficient (Wildman–Crippen LogP) is 12.2. The lowest BCUT2D eigenvalue weighted by Gasteiger charge is -2.40. The van der Waals surface area contributed by atoms with E-state index in [1.165, 1.54) is 33.3 Å². The van der Waals surface area contributed by atoms with Crippen LogP contribution in [0.25, 0.3) is 44.3 Å². The van der Waals surface area contributed by atoms with Crippen LogP contribution in [0.4, 0.5) is 11.4 Å². The number of allylic oxidation sites excluding steroid dienone is 4. The lowest BCUT2D eigenvalue weighted by atomic mass is 9.64. The molecule has 0 aliphatic heterocycles. The molecule has 5 heteroatoms. The zero-order valence-corrected chi connectivity index (χ0v) is 33.2. The number of aromatic carboxylic acids is 1. The molecular formula is C51H50N2O3. The second-order valence-electron chi connectivity index (χ2n) is 17.1. The van der Waals surface area contributed by atoms with Crippen LogP contribution in [0.3, 0.4) is 0 Å². The minimum Gasteiger partial charge on any atom is -0.478 e. The average Bonchev–Trinajstić information content (AvgIpc) is 3.17. The van der Waals surface area contributed by atoms with Gasteiger partial charge >= 0.3 is 5.97 Å². The molecule has 6 aromatic carbocycles. The molecule has 0 saturated heterocycles. The van der Waals surface area contributed by atoms with Crippen LogP contribution in [0.2, 0.25) is 0 Å². The van der Waals surface area contributed by atoms with Crippen LogP contribution in [0.1, 0.15) is 84.8 Å². The molecular weight excluding hydrogens is 689 g/mol. The molecule has 56 heavy (non-hydrogen) atoms. The van der Waals surface area contributed by atoms with Gasteiger partial charge in [-0.25, -0.2) is 4.79 Å². The van der Waals surface area contributed by atoms with Gasteiger partial charge in [-0.15, -0.1) is 0 Å². The van der Waals surface area contributed by atoms with Gasteiger partial charge in [0.05, 0.1) is 11.7 Å². The Morgan fingerprint density at radius 3 is 2.29 bits per heavy atom. The smallest absolute Gasteiger partial charge is 0.335 e. The highest BCUT2D eigenvalue weighted by Gasteiger charge is 2.37. The molecule has 0 amide bonds. The summed E-state index contributed by atoms with van der Waals surface area (Å²) in [4.78, 5) is 13.5. The minimum atomic E-state index is -0.965. The number of carboxylic acid groups (broad SMARTS) is 1. The van der Waals surface area contributed by atoms with Crippen LogP contribution in [-0.2, 0) is 12.0 Å². The average molecular weight is 739 g/mol. The van der Waals surface area contributed by atoms with Gasteiger partial charge in [0.15, 0.2) is 0 Å². The zero-order chi connectivity index (χ0) is 39.4. The van der Waals surface area contributed by atoms with E-state index >= 15 is 0 Å². The molecule has 0 heterocycles. The van der Waals surface area contributed by atoms with Crippen LogP contribution < -0.4 is 10.2 Å². The first-order valence-corrected chi connectivity index (χ1v) is 19.5. The number of nitrogens with one attached hydrogen (secondary N) is 1. The number of carbonyl (C=O) groups is 1. The van der Waals surface area contributed by atoms with E-state index in [2.05, 4.69) is 137 Å². The topological polar surface area (TPSA) is 72.8 Å². The highest BCUT2D eigenvalue weighted by Crippen LogP contribution is 2.52. The first-order chi connectivity index (χ1) is 26.8. The van der Waals surface area contributed by atoms with E-state index < -0.39 is 12.1 Å². The first-order valence-electron chi connectivity index (χ1n) is 19.5. The summed E-state index contributed by atoms with van der Waals surface area (Å²) in [5.74, 6) is -0.965. The van der Waals surface area contributed by atoms with Gasteiger partial charge in [-0.2, -0.15) is 0 Å². The monoisotopic (exact) mass is 738 g/mol. The Morgan fingerprint density at radius 1 is 0.839 bits per heavy atom. The summed E-state index contributed by atoms with van der Waals surface area (Å²) in [7, 11) is 4.12. The third kappa shape index (κ3) is 7.04. The molecule has 1 unspecified atom stereocenters. The molecule has 0 aromatic heterocycles. The second-order valence-corrected chi connectivity index (χ2v) is 17.1. The third-order valence-electron chi connectivity index (χ3n) is 11.6. The number of hydrogen-bond donors (Lipinski definition) is 3. The summed E-state index contributed by atoms with van der Waals surface area (Å²) in [5.41, 5.74) is 13.0. The summed E-state index contributed by atoms with van der Waals surface area (Å²) >= 11 is 0. The highest BCUT2D eigenvalue weighted by molar-refractivity contribution is 6.05. The number of anilines is 2. The van der Waals surface area contributed by atoms with E-state index in [9.17, 15) is 15.0 Å². The Hall–Kier alpha value is -5.91. The maximum Gasteiger partial charge on any atom is 0.335 e. The minimum absolute atomic E-state index is 0.0853. The zero-order valence-electron chi connectivity index (χ0n) is 33.2. The van der Waals surface area contributed by atoms with E-state index in [0.29, 0.717) is 6.54 Å². The highest BCUT2D eigenvalue weighted by atomic mass is 16.4. The van der Waals surface area contributed by atoms with Crippen molar-refractivity contribution in [3.05, 3.63) is 166 Å². The molecule has 5 nitrogen and oxygen atoms in total. The standard InChI is InChI=1S/C51H50N2O3/c1-50(2)26-25-40-38(29-50)30-51(3,4)48-43(40)23-19-36-27-37(28-44(46(36)48)52-31-33-13-20-39(21-14-33)53(5)6)42-22-18-34-9-7-8-10-41(34)47(42)45(54)24-15-32-11-16-35(17-12-32)49(55)56/h7-28,45,52,54H,29-31H2,1-6H3,(H,55,56). The van der Waals surface area contributed by atoms with Gasteiger partial charge in [0.1, 0.15) is 0 Å². The number of benzene rings is 6. The van der Waals surface area contributed by atoms with Crippen molar-refractivity contribution in [1.29, 1.82) is 0 Å². The number of aliphatic hydroxyl groups excluding tert-OH is 1. The predicted molar refractivity (Wildman–Crippen MR) is 234 cm³/mol. The Bertz CT molecular complexity index is 2590. The SMILES string of the molecule is CN(C)c1ccc(CNc2cc(-c3ccc4ccccc4c3C(O)C=Cc3ccc(C(=O)O)cc3)cc3ccc4c(c23)C(C)(C)CC2=C4C=CC(C)(C)C2)cc1. The van der Waals surface area contributed by atoms with Gasteiger partial charge in [-0.1, -0.05) is 130 Å².